The zero-order chi connectivity index (χ0) is 19.8. The molecule has 5 heteroatoms. The molecule has 0 atom stereocenters. The highest BCUT2D eigenvalue weighted by molar-refractivity contribution is 5.91. The van der Waals surface area contributed by atoms with Crippen LogP contribution in [0.1, 0.15) is 54.8 Å². The van der Waals surface area contributed by atoms with Crippen molar-refractivity contribution in [1.82, 2.24) is 5.32 Å². The van der Waals surface area contributed by atoms with Crippen LogP contribution in [0.25, 0.3) is 0 Å². The fraction of sp³-hybridized carbons (Fsp3) is 0.542. The Kier molecular flexibility index (Phi) is 4.76. The number of amides is 1. The molecular weight excluding hydrogens is 366 g/mol. The summed E-state index contributed by atoms with van der Waals surface area (Å²) >= 11 is 0. The molecule has 1 amide bonds. The Morgan fingerprint density at radius 1 is 1.00 bits per heavy atom. The Bertz CT molecular complexity index is 834. The summed E-state index contributed by atoms with van der Waals surface area (Å²) in [6.07, 6.45) is 8.13. The van der Waals surface area contributed by atoms with E-state index in [1.165, 1.54) is 38.5 Å². The van der Waals surface area contributed by atoms with E-state index in [0.29, 0.717) is 16.9 Å². The molecule has 0 spiro atoms. The quantitative estimate of drug-likeness (QED) is 0.731. The molecule has 0 saturated heterocycles. The Morgan fingerprint density at radius 2 is 1.62 bits per heavy atom. The summed E-state index contributed by atoms with van der Waals surface area (Å²) < 4.78 is 16.6. The smallest absolute Gasteiger partial charge is 0.287 e. The summed E-state index contributed by atoms with van der Waals surface area (Å²) in [6.45, 7) is 1.07. The van der Waals surface area contributed by atoms with Gasteiger partial charge in [0.1, 0.15) is 23.9 Å². The van der Waals surface area contributed by atoms with E-state index in [4.69, 9.17) is 13.9 Å². The van der Waals surface area contributed by atoms with Gasteiger partial charge in [-0.25, -0.2) is 0 Å². The van der Waals surface area contributed by atoms with Crippen molar-refractivity contribution in [2.24, 2.45) is 23.2 Å². The van der Waals surface area contributed by atoms with Gasteiger partial charge in [-0.3, -0.25) is 4.79 Å². The topological polar surface area (TPSA) is 60.7 Å². The SMILES string of the molecule is COc1ccc(OCc2ccc(C(=O)NCC34CC5CC(CC(C5)C3)C4)o2)cc1. The number of furan rings is 1. The van der Waals surface area contributed by atoms with Gasteiger partial charge < -0.3 is 19.2 Å². The molecule has 0 unspecified atom stereocenters. The molecule has 29 heavy (non-hydrogen) atoms. The average Bonchev–Trinajstić information content (AvgIpc) is 3.19. The zero-order valence-electron chi connectivity index (χ0n) is 17.0. The number of rotatable bonds is 7. The van der Waals surface area contributed by atoms with E-state index in [2.05, 4.69) is 5.32 Å². The van der Waals surface area contributed by atoms with E-state index in [9.17, 15) is 4.79 Å². The summed E-state index contributed by atoms with van der Waals surface area (Å²) in [5.41, 5.74) is 0.331. The second kappa shape index (κ2) is 7.43. The molecule has 4 saturated carbocycles. The van der Waals surface area contributed by atoms with E-state index in [1.807, 2.05) is 30.3 Å². The molecule has 4 bridgehead atoms. The van der Waals surface area contributed by atoms with Crippen LogP contribution in [0, 0.1) is 23.2 Å². The molecule has 0 radical (unpaired) electrons. The monoisotopic (exact) mass is 395 g/mol. The van der Waals surface area contributed by atoms with Crippen LogP contribution in [0.3, 0.4) is 0 Å². The Labute approximate surface area is 171 Å². The van der Waals surface area contributed by atoms with Gasteiger partial charge >= 0.3 is 0 Å². The van der Waals surface area contributed by atoms with E-state index in [-0.39, 0.29) is 12.5 Å². The van der Waals surface area contributed by atoms with Crippen molar-refractivity contribution >= 4 is 5.91 Å². The van der Waals surface area contributed by atoms with Crippen molar-refractivity contribution < 1.29 is 18.7 Å². The van der Waals surface area contributed by atoms with Gasteiger partial charge in [0.05, 0.1) is 7.11 Å². The Balaban J connectivity index is 1.15. The first-order chi connectivity index (χ1) is 14.1. The van der Waals surface area contributed by atoms with Crippen molar-refractivity contribution in [1.29, 1.82) is 0 Å². The second-order valence-electron chi connectivity index (χ2n) is 9.33. The van der Waals surface area contributed by atoms with Crippen molar-refractivity contribution in [3.8, 4) is 11.5 Å². The third-order valence-corrected chi connectivity index (χ3v) is 7.11. The summed E-state index contributed by atoms with van der Waals surface area (Å²) in [5.74, 6) is 5.08. The van der Waals surface area contributed by atoms with Gasteiger partial charge in [0.2, 0.25) is 0 Å². The predicted octanol–water partition coefficient (Wildman–Crippen LogP) is 4.81. The molecule has 1 N–H and O–H groups in total. The number of ether oxygens (including phenoxy) is 2. The molecule has 2 aromatic rings. The summed E-state index contributed by atoms with van der Waals surface area (Å²) in [7, 11) is 1.63. The van der Waals surface area contributed by atoms with Crippen molar-refractivity contribution in [2.45, 2.75) is 45.1 Å². The standard InChI is InChI=1S/C24H29NO4/c1-27-19-2-4-20(5-3-19)28-14-21-6-7-22(29-21)23(26)25-15-24-11-16-8-17(12-24)10-18(9-16)13-24/h2-7,16-18H,8-15H2,1H3,(H,25,26). The van der Waals surface area contributed by atoms with Gasteiger partial charge in [-0.2, -0.15) is 0 Å². The number of carbonyl (C=O) groups is 1. The Morgan fingerprint density at radius 3 is 2.24 bits per heavy atom. The van der Waals surface area contributed by atoms with Crippen molar-refractivity contribution in [3.63, 3.8) is 0 Å². The van der Waals surface area contributed by atoms with Crippen LogP contribution < -0.4 is 14.8 Å². The highest BCUT2D eigenvalue weighted by atomic mass is 16.5. The molecule has 4 aliphatic rings. The molecule has 6 rings (SSSR count). The number of hydrogen-bond donors (Lipinski definition) is 1. The maximum atomic E-state index is 12.6. The first kappa shape index (κ1) is 18.6. The van der Waals surface area contributed by atoms with Crippen LogP contribution >= 0.6 is 0 Å². The first-order valence-electron chi connectivity index (χ1n) is 10.7. The van der Waals surface area contributed by atoms with E-state index < -0.39 is 0 Å². The fourth-order valence-corrected chi connectivity index (χ4v) is 6.27. The highest BCUT2D eigenvalue weighted by Crippen LogP contribution is 2.59. The third kappa shape index (κ3) is 3.87. The van der Waals surface area contributed by atoms with Gasteiger partial charge in [-0.15, -0.1) is 0 Å². The van der Waals surface area contributed by atoms with Gasteiger partial charge in [0, 0.05) is 6.54 Å². The van der Waals surface area contributed by atoms with Crippen molar-refractivity contribution in [3.05, 3.63) is 47.9 Å². The second-order valence-corrected chi connectivity index (χ2v) is 9.33. The summed E-state index contributed by atoms with van der Waals surface area (Å²) in [4.78, 5) is 12.6. The number of benzene rings is 1. The largest absolute Gasteiger partial charge is 0.497 e. The first-order valence-corrected chi connectivity index (χ1v) is 10.7. The fourth-order valence-electron chi connectivity index (χ4n) is 6.27. The molecule has 1 aromatic heterocycles. The number of carbonyl (C=O) groups excluding carboxylic acids is 1. The summed E-state index contributed by atoms with van der Waals surface area (Å²) in [6, 6.07) is 10.9. The van der Waals surface area contributed by atoms with Gasteiger partial charge in [0.25, 0.3) is 5.91 Å². The lowest BCUT2D eigenvalue weighted by Crippen LogP contribution is -2.51. The molecule has 4 fully saturated rings. The predicted molar refractivity (Wildman–Crippen MR) is 109 cm³/mol. The minimum atomic E-state index is -0.114. The number of methoxy groups -OCH3 is 1. The van der Waals surface area contributed by atoms with Crippen LogP contribution in [0.4, 0.5) is 0 Å². The normalized spacial score (nSPS) is 29.6. The average molecular weight is 395 g/mol. The third-order valence-electron chi connectivity index (χ3n) is 7.11. The van der Waals surface area contributed by atoms with Gasteiger partial charge in [-0.1, -0.05) is 0 Å². The molecule has 0 aliphatic heterocycles. The molecule has 1 aromatic carbocycles. The van der Waals surface area contributed by atoms with Gasteiger partial charge in [0.15, 0.2) is 5.76 Å². The molecular formula is C24H29NO4. The van der Waals surface area contributed by atoms with Crippen LogP contribution in [0.2, 0.25) is 0 Å². The molecule has 154 valence electrons. The van der Waals surface area contributed by atoms with E-state index in [0.717, 1.165) is 35.8 Å². The zero-order valence-corrected chi connectivity index (χ0v) is 17.0. The van der Waals surface area contributed by atoms with E-state index in [1.54, 1.807) is 13.2 Å². The maximum absolute atomic E-state index is 12.6. The Hall–Kier alpha value is -2.43. The maximum Gasteiger partial charge on any atom is 0.287 e. The summed E-state index contributed by atoms with van der Waals surface area (Å²) in [5, 5.41) is 3.17. The minimum absolute atomic E-state index is 0.114. The van der Waals surface area contributed by atoms with Crippen LogP contribution in [0.5, 0.6) is 11.5 Å². The number of nitrogens with one attached hydrogen (secondary N) is 1. The van der Waals surface area contributed by atoms with Crippen LogP contribution in [0.15, 0.2) is 40.8 Å². The van der Waals surface area contributed by atoms with E-state index >= 15 is 0 Å². The lowest BCUT2D eigenvalue weighted by Gasteiger charge is -2.56. The van der Waals surface area contributed by atoms with Crippen LogP contribution in [-0.2, 0) is 6.61 Å². The molecule has 5 nitrogen and oxygen atoms in total. The molecule has 1 heterocycles. The highest BCUT2D eigenvalue weighted by Gasteiger charge is 2.50. The minimum Gasteiger partial charge on any atom is -0.497 e. The molecule has 4 aliphatic carbocycles. The van der Waals surface area contributed by atoms with Crippen LogP contribution in [-0.4, -0.2) is 19.6 Å². The lowest BCUT2D eigenvalue weighted by molar-refractivity contribution is -0.0504. The van der Waals surface area contributed by atoms with Gasteiger partial charge in [-0.05, 0) is 98.1 Å². The number of hydrogen-bond acceptors (Lipinski definition) is 4. The van der Waals surface area contributed by atoms with Crippen molar-refractivity contribution in [2.75, 3.05) is 13.7 Å². The lowest BCUT2D eigenvalue weighted by atomic mass is 9.49.